The number of hydrogen-bond donors (Lipinski definition) is 0. The van der Waals surface area contributed by atoms with Crippen LogP contribution in [0, 0.1) is 19.3 Å². The molecule has 1 amide bonds. The number of amides is 1. The van der Waals surface area contributed by atoms with Gasteiger partial charge in [-0.1, -0.05) is 49.3 Å². The van der Waals surface area contributed by atoms with E-state index in [0.717, 1.165) is 21.9 Å². The van der Waals surface area contributed by atoms with Crippen LogP contribution in [0.5, 0.6) is 0 Å². The maximum atomic E-state index is 14.5. The van der Waals surface area contributed by atoms with Crippen LogP contribution in [0.3, 0.4) is 0 Å². The van der Waals surface area contributed by atoms with E-state index >= 15 is 0 Å². The van der Waals surface area contributed by atoms with E-state index in [1.54, 1.807) is 63.7 Å². The highest BCUT2D eigenvalue weighted by Crippen LogP contribution is 2.38. The zero-order chi connectivity index (χ0) is 31.5. The number of ether oxygens (including phenoxy) is 2. The molecule has 0 N–H and O–H groups in total. The predicted octanol–water partition coefficient (Wildman–Crippen LogP) is 4.99. The first-order valence-electron chi connectivity index (χ1n) is 14.4. The van der Waals surface area contributed by atoms with Crippen LogP contribution < -0.4 is 4.31 Å². The molecule has 232 valence electrons. The van der Waals surface area contributed by atoms with Gasteiger partial charge in [0.2, 0.25) is 5.91 Å². The monoisotopic (exact) mass is 619 g/mol. The van der Waals surface area contributed by atoms with E-state index in [2.05, 4.69) is 15.1 Å². The molecule has 4 aromatic rings. The molecule has 0 saturated carbocycles. The molecule has 1 fully saturated rings. The second-order valence-corrected chi connectivity index (χ2v) is 13.2. The Labute approximate surface area is 257 Å². The summed E-state index contributed by atoms with van der Waals surface area (Å²) < 4.78 is 46.2. The molecule has 0 radical (unpaired) electrons. The van der Waals surface area contributed by atoms with Crippen molar-refractivity contribution in [1.82, 2.24) is 20.0 Å². The molecule has 0 bridgehead atoms. The summed E-state index contributed by atoms with van der Waals surface area (Å²) in [4.78, 5) is 23.9. The Morgan fingerprint density at radius 1 is 1.02 bits per heavy atom. The van der Waals surface area contributed by atoms with Crippen LogP contribution in [0.25, 0.3) is 22.5 Å². The number of carbonyl (C=O) groups is 1. The van der Waals surface area contributed by atoms with Crippen molar-refractivity contribution >= 4 is 21.7 Å². The van der Waals surface area contributed by atoms with Crippen LogP contribution in [-0.2, 0) is 30.8 Å². The fourth-order valence-corrected chi connectivity index (χ4v) is 6.74. The molecule has 0 spiro atoms. The molecular formula is C32H37N5O6S. The van der Waals surface area contributed by atoms with Gasteiger partial charge in [-0.25, -0.2) is 22.7 Å². The number of rotatable bonds is 12. The number of nitrogens with zero attached hydrogens (tertiary/aromatic N) is 5. The molecule has 2 aromatic heterocycles. The second-order valence-electron chi connectivity index (χ2n) is 11.4. The van der Waals surface area contributed by atoms with Crippen molar-refractivity contribution in [3.63, 3.8) is 0 Å². The minimum Gasteiger partial charge on any atom is -0.382 e. The molecule has 5 rings (SSSR count). The van der Waals surface area contributed by atoms with Gasteiger partial charge in [0.15, 0.2) is 11.6 Å². The SMILES string of the molecule is COCCOCN(c1noc(C)c1C)S(=O)(=O)c1ccccc1-c1ccc(-c2ncccn2)cc1CN1CCC(C)(C)C1=O. The lowest BCUT2D eigenvalue weighted by molar-refractivity contribution is -0.135. The van der Waals surface area contributed by atoms with Gasteiger partial charge in [0.1, 0.15) is 12.5 Å². The molecule has 1 aliphatic rings. The van der Waals surface area contributed by atoms with Crippen molar-refractivity contribution in [1.29, 1.82) is 0 Å². The summed E-state index contributed by atoms with van der Waals surface area (Å²) >= 11 is 0. The van der Waals surface area contributed by atoms with Gasteiger partial charge in [0.05, 0.1) is 18.1 Å². The third-order valence-electron chi connectivity index (χ3n) is 7.92. The van der Waals surface area contributed by atoms with Crippen molar-refractivity contribution in [2.45, 2.75) is 45.6 Å². The lowest BCUT2D eigenvalue weighted by atomic mass is 9.92. The van der Waals surface area contributed by atoms with Gasteiger partial charge in [-0.2, -0.15) is 0 Å². The first kappa shape index (κ1) is 31.3. The van der Waals surface area contributed by atoms with Crippen molar-refractivity contribution in [3.8, 4) is 22.5 Å². The van der Waals surface area contributed by atoms with Gasteiger partial charge < -0.3 is 18.9 Å². The number of anilines is 1. The third kappa shape index (κ3) is 6.23. The van der Waals surface area contributed by atoms with Crippen LogP contribution in [-0.4, -0.2) is 67.9 Å². The highest BCUT2D eigenvalue weighted by atomic mass is 32.2. The van der Waals surface area contributed by atoms with E-state index in [9.17, 15) is 13.2 Å². The Morgan fingerprint density at radius 2 is 1.77 bits per heavy atom. The standard InChI is InChI=1S/C32H37N5O6S/c1-22-23(2)43-35-30(22)37(21-42-18-17-41-5)44(39,40)28-10-7-6-9-27(28)26-12-11-24(29-33-14-8-15-34-29)19-25(26)20-36-16-13-32(3,4)31(36)38/h6-12,14-15,19H,13,16-18,20-21H2,1-5H3. The van der Waals surface area contributed by atoms with E-state index in [1.807, 2.05) is 36.9 Å². The molecule has 1 aliphatic heterocycles. The van der Waals surface area contributed by atoms with Gasteiger partial charge in [0.25, 0.3) is 10.0 Å². The van der Waals surface area contributed by atoms with Gasteiger partial charge in [0, 0.05) is 54.7 Å². The molecule has 0 unspecified atom stereocenters. The molecule has 2 aromatic carbocycles. The largest absolute Gasteiger partial charge is 0.382 e. The second kappa shape index (κ2) is 12.8. The van der Waals surface area contributed by atoms with Crippen molar-refractivity contribution < 1.29 is 27.2 Å². The fourth-order valence-electron chi connectivity index (χ4n) is 5.19. The minimum absolute atomic E-state index is 0.0574. The molecule has 0 atom stereocenters. The summed E-state index contributed by atoms with van der Waals surface area (Å²) in [5, 5.41) is 4.06. The van der Waals surface area contributed by atoms with Crippen LogP contribution >= 0.6 is 0 Å². The minimum atomic E-state index is -4.23. The summed E-state index contributed by atoms with van der Waals surface area (Å²) in [6.07, 6.45) is 4.07. The Bertz CT molecular complexity index is 1740. The summed E-state index contributed by atoms with van der Waals surface area (Å²) in [6, 6.07) is 14.2. The van der Waals surface area contributed by atoms with Gasteiger partial charge in [-0.05, 0) is 49.6 Å². The summed E-state index contributed by atoms with van der Waals surface area (Å²) in [6.45, 7) is 8.48. The fraction of sp³-hybridized carbons (Fsp3) is 0.375. The number of likely N-dealkylation sites (tertiary alicyclic amines) is 1. The predicted molar refractivity (Wildman–Crippen MR) is 165 cm³/mol. The Hall–Kier alpha value is -4.13. The van der Waals surface area contributed by atoms with E-state index in [4.69, 9.17) is 14.0 Å². The summed E-state index contributed by atoms with van der Waals surface area (Å²) in [5.41, 5.74) is 2.82. The van der Waals surface area contributed by atoms with Crippen LogP contribution in [0.4, 0.5) is 5.82 Å². The van der Waals surface area contributed by atoms with E-state index < -0.39 is 15.4 Å². The maximum absolute atomic E-state index is 14.5. The number of aromatic nitrogens is 3. The third-order valence-corrected chi connectivity index (χ3v) is 9.69. The highest BCUT2D eigenvalue weighted by Gasteiger charge is 2.39. The number of benzene rings is 2. The number of hydrogen-bond acceptors (Lipinski definition) is 9. The average molecular weight is 620 g/mol. The average Bonchev–Trinajstić information content (AvgIpc) is 3.48. The maximum Gasteiger partial charge on any atom is 0.268 e. The van der Waals surface area contributed by atoms with Crippen LogP contribution in [0.1, 0.15) is 37.2 Å². The number of carbonyl (C=O) groups excluding carboxylic acids is 1. The van der Waals surface area contributed by atoms with E-state index in [1.165, 1.54) is 0 Å². The first-order chi connectivity index (χ1) is 21.0. The smallest absolute Gasteiger partial charge is 0.268 e. The van der Waals surface area contributed by atoms with Crippen molar-refractivity contribution in [2.24, 2.45) is 5.41 Å². The number of methoxy groups -OCH3 is 1. The topological polar surface area (TPSA) is 128 Å². The van der Waals surface area contributed by atoms with E-state index in [-0.39, 0.29) is 30.0 Å². The normalized spacial score (nSPS) is 14.8. The quantitative estimate of drug-likeness (QED) is 0.159. The van der Waals surface area contributed by atoms with Crippen molar-refractivity contribution in [3.05, 3.63) is 77.8 Å². The summed E-state index contributed by atoms with van der Waals surface area (Å²) in [5.74, 6) is 1.24. The molecule has 11 nitrogen and oxygen atoms in total. The molecule has 0 aliphatic carbocycles. The number of sulfonamides is 1. The molecule has 44 heavy (non-hydrogen) atoms. The van der Waals surface area contributed by atoms with Crippen LogP contribution in [0.2, 0.25) is 0 Å². The van der Waals surface area contributed by atoms with Gasteiger partial charge in [-0.3, -0.25) is 4.79 Å². The van der Waals surface area contributed by atoms with E-state index in [0.29, 0.717) is 48.0 Å². The zero-order valence-electron chi connectivity index (χ0n) is 25.6. The lowest BCUT2D eigenvalue weighted by Gasteiger charge is -2.25. The molecule has 3 heterocycles. The van der Waals surface area contributed by atoms with Gasteiger partial charge >= 0.3 is 0 Å². The summed E-state index contributed by atoms with van der Waals surface area (Å²) in [7, 11) is -2.68. The number of aryl methyl sites for hydroxylation is 1. The first-order valence-corrected chi connectivity index (χ1v) is 15.8. The highest BCUT2D eigenvalue weighted by molar-refractivity contribution is 7.93. The Kier molecular flexibility index (Phi) is 9.14. The van der Waals surface area contributed by atoms with Crippen molar-refractivity contribution in [2.75, 3.05) is 37.9 Å². The molecule has 12 heteroatoms. The van der Waals surface area contributed by atoms with Gasteiger partial charge in [-0.15, -0.1) is 0 Å². The zero-order valence-corrected chi connectivity index (χ0v) is 26.4. The Balaban J connectivity index is 1.62. The molecule has 1 saturated heterocycles. The Morgan fingerprint density at radius 3 is 2.43 bits per heavy atom. The van der Waals surface area contributed by atoms with Crippen LogP contribution in [0.15, 0.2) is 70.3 Å². The lowest BCUT2D eigenvalue weighted by Crippen LogP contribution is -2.35. The molecular weight excluding hydrogens is 582 g/mol.